The normalized spacial score (nSPS) is 10.3. The number of aliphatic hydroxyl groups is 1. The molecule has 0 saturated heterocycles. The number of hydrogen-bond donors (Lipinski definition) is 2. The summed E-state index contributed by atoms with van der Waals surface area (Å²) in [5.41, 5.74) is 2.34. The van der Waals surface area contributed by atoms with Gasteiger partial charge in [-0.1, -0.05) is 24.3 Å². The van der Waals surface area contributed by atoms with Crippen molar-refractivity contribution in [2.45, 2.75) is 12.8 Å². The van der Waals surface area contributed by atoms with Gasteiger partial charge in [-0.3, -0.25) is 4.79 Å². The van der Waals surface area contributed by atoms with Gasteiger partial charge in [0.15, 0.2) is 0 Å². The maximum atomic E-state index is 13.0. The average molecular weight is 273 g/mol. The number of rotatable bonds is 5. The molecule has 0 bridgehead atoms. The van der Waals surface area contributed by atoms with Gasteiger partial charge < -0.3 is 10.4 Å². The fourth-order valence-electron chi connectivity index (χ4n) is 1.92. The summed E-state index contributed by atoms with van der Waals surface area (Å²) in [6.45, 7) is 0.102. The molecular weight excluding hydrogens is 257 g/mol. The highest BCUT2D eigenvalue weighted by Crippen LogP contribution is 2.11. The first-order chi connectivity index (χ1) is 9.67. The lowest BCUT2D eigenvalue weighted by Gasteiger charge is -2.06. The highest BCUT2D eigenvalue weighted by molar-refractivity contribution is 5.92. The Kier molecular flexibility index (Phi) is 4.85. The van der Waals surface area contributed by atoms with E-state index >= 15 is 0 Å². The number of nitrogens with one attached hydrogen (secondary N) is 1. The number of aliphatic hydroxyl groups excluding tert-OH is 1. The maximum absolute atomic E-state index is 13.0. The zero-order chi connectivity index (χ0) is 14.4. The van der Waals surface area contributed by atoms with Crippen molar-refractivity contribution in [3.63, 3.8) is 0 Å². The van der Waals surface area contributed by atoms with Gasteiger partial charge in [-0.05, 0) is 41.8 Å². The van der Waals surface area contributed by atoms with Gasteiger partial charge in [-0.25, -0.2) is 4.39 Å². The van der Waals surface area contributed by atoms with Crippen molar-refractivity contribution < 1.29 is 14.3 Å². The number of amides is 1. The number of anilines is 1. The second-order valence-corrected chi connectivity index (χ2v) is 4.53. The molecule has 0 atom stereocenters. The summed E-state index contributed by atoms with van der Waals surface area (Å²) < 4.78 is 13.0. The SMILES string of the molecule is O=C(Cc1cccc(F)c1)Nc1ccc(CCO)cc1. The summed E-state index contributed by atoms with van der Waals surface area (Å²) in [6, 6.07) is 13.3. The average Bonchev–Trinajstić information content (AvgIpc) is 2.41. The molecule has 0 aliphatic rings. The molecule has 4 heteroatoms. The third-order valence-corrected chi connectivity index (χ3v) is 2.89. The van der Waals surface area contributed by atoms with E-state index in [1.165, 1.54) is 12.1 Å². The summed E-state index contributed by atoms with van der Waals surface area (Å²) >= 11 is 0. The van der Waals surface area contributed by atoms with E-state index in [2.05, 4.69) is 5.32 Å². The van der Waals surface area contributed by atoms with Crippen molar-refractivity contribution >= 4 is 11.6 Å². The Morgan fingerprint density at radius 2 is 1.85 bits per heavy atom. The lowest BCUT2D eigenvalue weighted by molar-refractivity contribution is -0.115. The molecule has 0 aliphatic carbocycles. The molecule has 0 heterocycles. The minimum atomic E-state index is -0.344. The Bertz CT molecular complexity index is 581. The molecule has 2 aromatic carbocycles. The van der Waals surface area contributed by atoms with Crippen molar-refractivity contribution in [2.24, 2.45) is 0 Å². The molecule has 3 nitrogen and oxygen atoms in total. The molecule has 104 valence electrons. The lowest BCUT2D eigenvalue weighted by Crippen LogP contribution is -2.14. The molecule has 20 heavy (non-hydrogen) atoms. The van der Waals surface area contributed by atoms with E-state index in [0.717, 1.165) is 5.56 Å². The van der Waals surface area contributed by atoms with Crippen LogP contribution < -0.4 is 5.32 Å². The van der Waals surface area contributed by atoms with Gasteiger partial charge >= 0.3 is 0 Å². The monoisotopic (exact) mass is 273 g/mol. The van der Waals surface area contributed by atoms with E-state index in [1.54, 1.807) is 24.3 Å². The Balaban J connectivity index is 1.94. The quantitative estimate of drug-likeness (QED) is 0.879. The van der Waals surface area contributed by atoms with E-state index in [4.69, 9.17) is 5.11 Å². The summed E-state index contributed by atoms with van der Waals surface area (Å²) in [6.07, 6.45) is 0.730. The van der Waals surface area contributed by atoms with Crippen LogP contribution in [0.15, 0.2) is 48.5 Å². The number of carbonyl (C=O) groups is 1. The number of halogens is 1. The van der Waals surface area contributed by atoms with Gasteiger partial charge in [0.25, 0.3) is 0 Å². The molecule has 0 aromatic heterocycles. The molecule has 0 saturated carbocycles. The standard InChI is InChI=1S/C16H16FNO2/c17-14-3-1-2-13(10-14)11-16(20)18-15-6-4-12(5-7-15)8-9-19/h1-7,10,19H,8-9,11H2,(H,18,20). The first-order valence-electron chi connectivity index (χ1n) is 6.41. The summed E-state index contributed by atoms with van der Waals surface area (Å²) in [5.74, 6) is -0.533. The molecule has 2 rings (SSSR count). The van der Waals surface area contributed by atoms with Gasteiger partial charge in [0.2, 0.25) is 5.91 Å². The number of carbonyl (C=O) groups excluding carboxylic acids is 1. The lowest BCUT2D eigenvalue weighted by atomic mass is 10.1. The zero-order valence-electron chi connectivity index (χ0n) is 11.0. The Labute approximate surface area is 117 Å². The molecule has 1 amide bonds. The fourth-order valence-corrected chi connectivity index (χ4v) is 1.92. The second kappa shape index (κ2) is 6.82. The van der Waals surface area contributed by atoms with Crippen LogP contribution in [0, 0.1) is 5.82 Å². The third kappa shape index (κ3) is 4.17. The summed E-state index contributed by atoms with van der Waals surface area (Å²) in [5, 5.41) is 11.6. The first kappa shape index (κ1) is 14.2. The smallest absolute Gasteiger partial charge is 0.228 e. The van der Waals surface area contributed by atoms with Crippen LogP contribution in [0.5, 0.6) is 0 Å². The zero-order valence-corrected chi connectivity index (χ0v) is 11.0. The van der Waals surface area contributed by atoms with Crippen molar-refractivity contribution in [3.8, 4) is 0 Å². The van der Waals surface area contributed by atoms with Crippen LogP contribution in [-0.4, -0.2) is 17.6 Å². The second-order valence-electron chi connectivity index (χ2n) is 4.53. The fraction of sp³-hybridized carbons (Fsp3) is 0.188. The predicted octanol–water partition coefficient (Wildman–Crippen LogP) is 2.54. The minimum Gasteiger partial charge on any atom is -0.396 e. The van der Waals surface area contributed by atoms with Crippen LogP contribution in [0.3, 0.4) is 0 Å². The molecule has 0 fully saturated rings. The first-order valence-corrected chi connectivity index (χ1v) is 6.41. The van der Waals surface area contributed by atoms with Crippen LogP contribution >= 0.6 is 0 Å². The largest absolute Gasteiger partial charge is 0.396 e. The van der Waals surface area contributed by atoms with Gasteiger partial charge in [0.05, 0.1) is 6.42 Å². The highest BCUT2D eigenvalue weighted by atomic mass is 19.1. The molecule has 0 spiro atoms. The molecule has 2 aromatic rings. The summed E-state index contributed by atoms with van der Waals surface area (Å²) in [4.78, 5) is 11.8. The topological polar surface area (TPSA) is 49.3 Å². The number of hydrogen-bond acceptors (Lipinski definition) is 2. The molecule has 0 aliphatic heterocycles. The Morgan fingerprint density at radius 3 is 2.50 bits per heavy atom. The maximum Gasteiger partial charge on any atom is 0.228 e. The van der Waals surface area contributed by atoms with Gasteiger partial charge in [0, 0.05) is 12.3 Å². The molecular formula is C16H16FNO2. The van der Waals surface area contributed by atoms with Crippen molar-refractivity contribution in [2.75, 3.05) is 11.9 Å². The molecule has 0 radical (unpaired) electrons. The van der Waals surface area contributed by atoms with Gasteiger partial charge in [0.1, 0.15) is 5.82 Å². The molecule has 0 unspecified atom stereocenters. The number of benzene rings is 2. The molecule has 2 N–H and O–H groups in total. The van der Waals surface area contributed by atoms with Crippen LogP contribution in [0.25, 0.3) is 0 Å². The van der Waals surface area contributed by atoms with Gasteiger partial charge in [-0.15, -0.1) is 0 Å². The van der Waals surface area contributed by atoms with Crippen molar-refractivity contribution in [1.29, 1.82) is 0 Å². The van der Waals surface area contributed by atoms with Crippen LogP contribution in [0.4, 0.5) is 10.1 Å². The Hall–Kier alpha value is -2.20. The summed E-state index contributed by atoms with van der Waals surface area (Å²) in [7, 11) is 0. The van der Waals surface area contributed by atoms with Crippen LogP contribution in [0.2, 0.25) is 0 Å². The van der Waals surface area contributed by atoms with E-state index in [1.807, 2.05) is 12.1 Å². The Morgan fingerprint density at radius 1 is 1.10 bits per heavy atom. The van der Waals surface area contributed by atoms with E-state index in [-0.39, 0.29) is 24.8 Å². The van der Waals surface area contributed by atoms with E-state index in [9.17, 15) is 9.18 Å². The van der Waals surface area contributed by atoms with Crippen molar-refractivity contribution in [1.82, 2.24) is 0 Å². The van der Waals surface area contributed by atoms with Crippen LogP contribution in [0.1, 0.15) is 11.1 Å². The van der Waals surface area contributed by atoms with Crippen molar-refractivity contribution in [3.05, 3.63) is 65.5 Å². The predicted molar refractivity (Wildman–Crippen MR) is 76.0 cm³/mol. The minimum absolute atomic E-state index is 0.102. The highest BCUT2D eigenvalue weighted by Gasteiger charge is 2.05. The van der Waals surface area contributed by atoms with E-state index in [0.29, 0.717) is 17.7 Å². The van der Waals surface area contributed by atoms with Crippen LogP contribution in [-0.2, 0) is 17.6 Å². The van der Waals surface area contributed by atoms with E-state index < -0.39 is 0 Å². The third-order valence-electron chi connectivity index (χ3n) is 2.89. The van der Waals surface area contributed by atoms with Gasteiger partial charge in [-0.2, -0.15) is 0 Å².